The lowest BCUT2D eigenvalue weighted by atomic mass is 10.1. The molecule has 0 spiro atoms. The average molecular weight is 434 g/mol. The number of nitrogens with one attached hydrogen (secondary N) is 3. The van der Waals surface area contributed by atoms with Gasteiger partial charge in [0.1, 0.15) is 5.60 Å². The number of carbonyl (C=O) groups is 1. The number of morpholine rings is 1. The maximum atomic E-state index is 11.6. The highest BCUT2D eigenvalue weighted by Gasteiger charge is 2.17. The zero-order chi connectivity index (χ0) is 22.7. The molecule has 174 valence electrons. The van der Waals surface area contributed by atoms with Crippen LogP contribution in [0.1, 0.15) is 45.2 Å². The van der Waals surface area contributed by atoms with Gasteiger partial charge in [-0.25, -0.2) is 4.79 Å². The van der Waals surface area contributed by atoms with Crippen molar-refractivity contribution >= 4 is 12.1 Å². The minimum Gasteiger partial charge on any atom is -0.444 e. The Balaban J connectivity index is 1.68. The molecule has 1 aromatic carbocycles. The van der Waals surface area contributed by atoms with Crippen molar-refractivity contribution in [2.75, 3.05) is 39.8 Å². The van der Waals surface area contributed by atoms with Crippen LogP contribution in [-0.2, 0) is 22.6 Å². The van der Waals surface area contributed by atoms with Gasteiger partial charge in [-0.05, 0) is 45.2 Å². The van der Waals surface area contributed by atoms with Crippen LogP contribution in [0.3, 0.4) is 0 Å². The van der Waals surface area contributed by atoms with Crippen LogP contribution in [0.4, 0.5) is 4.79 Å². The summed E-state index contributed by atoms with van der Waals surface area (Å²) in [7, 11) is 1.75. The van der Waals surface area contributed by atoms with Crippen molar-refractivity contribution in [1.82, 2.24) is 20.9 Å². The fraction of sp³-hybridized carbons (Fsp3) is 0.652. The van der Waals surface area contributed by atoms with Gasteiger partial charge in [0, 0.05) is 46.3 Å². The van der Waals surface area contributed by atoms with Gasteiger partial charge in [0.15, 0.2) is 5.96 Å². The topological polar surface area (TPSA) is 87.2 Å². The molecule has 0 aliphatic carbocycles. The third-order valence-electron chi connectivity index (χ3n) is 4.72. The third-order valence-corrected chi connectivity index (χ3v) is 4.72. The molecule has 0 bridgehead atoms. The molecule has 2 rings (SSSR count). The van der Waals surface area contributed by atoms with Crippen molar-refractivity contribution < 1.29 is 14.3 Å². The Bertz CT molecular complexity index is 717. The van der Waals surface area contributed by atoms with Gasteiger partial charge in [-0.3, -0.25) is 9.89 Å². The number of alkyl carbamates (subject to hydrolysis) is 1. The van der Waals surface area contributed by atoms with Crippen LogP contribution in [0, 0.1) is 0 Å². The van der Waals surface area contributed by atoms with Crippen LogP contribution in [0.15, 0.2) is 29.3 Å². The minimum absolute atomic E-state index is 0.298. The van der Waals surface area contributed by atoms with E-state index in [0.717, 1.165) is 38.6 Å². The number of guanidine groups is 1. The summed E-state index contributed by atoms with van der Waals surface area (Å²) in [4.78, 5) is 18.3. The van der Waals surface area contributed by atoms with Crippen LogP contribution in [0.5, 0.6) is 0 Å². The van der Waals surface area contributed by atoms with E-state index in [4.69, 9.17) is 9.47 Å². The molecule has 8 nitrogen and oxygen atoms in total. The summed E-state index contributed by atoms with van der Waals surface area (Å²) in [6.45, 7) is 13.3. The molecule has 31 heavy (non-hydrogen) atoms. The van der Waals surface area contributed by atoms with E-state index in [1.807, 2.05) is 20.8 Å². The summed E-state index contributed by atoms with van der Waals surface area (Å²) < 4.78 is 10.8. The maximum Gasteiger partial charge on any atom is 0.407 e. The highest BCUT2D eigenvalue weighted by atomic mass is 16.6. The molecule has 3 N–H and O–H groups in total. The van der Waals surface area contributed by atoms with Crippen molar-refractivity contribution in [2.24, 2.45) is 4.99 Å². The number of amides is 1. The van der Waals surface area contributed by atoms with Crippen molar-refractivity contribution in [3.8, 4) is 0 Å². The van der Waals surface area contributed by atoms with Gasteiger partial charge in [-0.2, -0.15) is 0 Å². The van der Waals surface area contributed by atoms with Crippen LogP contribution in [0.2, 0.25) is 0 Å². The van der Waals surface area contributed by atoms with Gasteiger partial charge >= 0.3 is 6.09 Å². The Morgan fingerprint density at radius 3 is 2.68 bits per heavy atom. The maximum absolute atomic E-state index is 11.6. The number of rotatable bonds is 8. The Hall–Kier alpha value is -2.32. The number of benzene rings is 1. The van der Waals surface area contributed by atoms with E-state index in [1.165, 1.54) is 11.1 Å². The van der Waals surface area contributed by atoms with Crippen molar-refractivity contribution in [3.63, 3.8) is 0 Å². The molecular weight excluding hydrogens is 394 g/mol. The summed E-state index contributed by atoms with van der Waals surface area (Å²) >= 11 is 0. The molecule has 1 saturated heterocycles. The Morgan fingerprint density at radius 2 is 1.97 bits per heavy atom. The molecule has 1 aromatic rings. The second-order valence-corrected chi connectivity index (χ2v) is 8.87. The normalized spacial score (nSPS) is 17.8. The smallest absolute Gasteiger partial charge is 0.407 e. The van der Waals surface area contributed by atoms with Crippen LogP contribution < -0.4 is 16.0 Å². The Kier molecular flexibility index (Phi) is 10.1. The molecule has 1 amide bonds. The molecule has 1 aliphatic heterocycles. The first-order valence-corrected chi connectivity index (χ1v) is 11.1. The molecule has 0 radical (unpaired) electrons. The van der Waals surface area contributed by atoms with E-state index < -0.39 is 5.60 Å². The van der Waals surface area contributed by atoms with E-state index in [-0.39, 0.29) is 6.09 Å². The number of aliphatic imine (C=N–C) groups is 1. The summed E-state index contributed by atoms with van der Waals surface area (Å²) in [5.41, 5.74) is 2.05. The average Bonchev–Trinajstić information content (AvgIpc) is 2.69. The first kappa shape index (κ1) is 24.9. The molecule has 1 heterocycles. The Morgan fingerprint density at radius 1 is 1.23 bits per heavy atom. The minimum atomic E-state index is -0.480. The fourth-order valence-corrected chi connectivity index (χ4v) is 3.34. The second kappa shape index (κ2) is 12.5. The van der Waals surface area contributed by atoms with E-state index >= 15 is 0 Å². The van der Waals surface area contributed by atoms with Crippen molar-refractivity contribution in [3.05, 3.63) is 35.4 Å². The SMILES string of the molecule is CN=C(NCCCNC(=O)OC(C)(C)C)NCc1cccc(CN2CCOC(C)C2)c1. The predicted molar refractivity (Wildman–Crippen MR) is 124 cm³/mol. The van der Waals surface area contributed by atoms with Crippen molar-refractivity contribution in [1.29, 1.82) is 0 Å². The highest BCUT2D eigenvalue weighted by Crippen LogP contribution is 2.12. The molecule has 1 aliphatic rings. The van der Waals surface area contributed by atoms with Gasteiger partial charge < -0.3 is 25.4 Å². The molecule has 0 saturated carbocycles. The zero-order valence-electron chi connectivity index (χ0n) is 19.7. The molecule has 1 fully saturated rings. The molecular formula is C23H39N5O3. The van der Waals surface area contributed by atoms with Gasteiger partial charge in [0.05, 0.1) is 12.7 Å². The quantitative estimate of drug-likeness (QED) is 0.332. The first-order valence-electron chi connectivity index (χ1n) is 11.1. The molecule has 0 aromatic heterocycles. The van der Waals surface area contributed by atoms with Gasteiger partial charge in [0.25, 0.3) is 0 Å². The number of nitrogens with zero attached hydrogens (tertiary/aromatic N) is 2. The monoisotopic (exact) mass is 433 g/mol. The van der Waals surface area contributed by atoms with Crippen molar-refractivity contribution in [2.45, 2.75) is 58.9 Å². The van der Waals surface area contributed by atoms with E-state index in [1.54, 1.807) is 7.05 Å². The summed E-state index contributed by atoms with van der Waals surface area (Å²) in [5.74, 6) is 0.740. The second-order valence-electron chi connectivity index (χ2n) is 8.87. The standard InChI is InChI=1S/C23H39N5O3/c1-18-16-28(12-13-30-18)17-20-9-6-8-19(14-20)15-27-21(24-5)25-10-7-11-26-22(29)31-23(2,3)4/h6,8-9,14,18H,7,10-13,15-17H2,1-5H3,(H,26,29)(H2,24,25,27). The largest absolute Gasteiger partial charge is 0.444 e. The van der Waals surface area contributed by atoms with Crippen LogP contribution >= 0.6 is 0 Å². The molecule has 1 unspecified atom stereocenters. The summed E-state index contributed by atoms with van der Waals surface area (Å²) in [5, 5.41) is 9.38. The van der Waals surface area contributed by atoms with Gasteiger partial charge in [0.2, 0.25) is 0 Å². The van der Waals surface area contributed by atoms with E-state index in [9.17, 15) is 4.79 Å². The van der Waals surface area contributed by atoms with E-state index in [2.05, 4.69) is 57.0 Å². The van der Waals surface area contributed by atoms with Crippen LogP contribution in [-0.4, -0.2) is 68.5 Å². The zero-order valence-corrected chi connectivity index (χ0v) is 19.7. The fourth-order valence-electron chi connectivity index (χ4n) is 3.34. The lowest BCUT2D eigenvalue weighted by Crippen LogP contribution is -2.40. The molecule has 1 atom stereocenters. The number of hydrogen-bond acceptors (Lipinski definition) is 5. The van der Waals surface area contributed by atoms with E-state index in [0.29, 0.717) is 25.7 Å². The number of carbonyl (C=O) groups excluding carboxylic acids is 1. The molecule has 8 heteroatoms. The number of ether oxygens (including phenoxy) is 2. The number of hydrogen-bond donors (Lipinski definition) is 3. The lowest BCUT2D eigenvalue weighted by molar-refractivity contribution is -0.0212. The summed E-state index contributed by atoms with van der Waals surface area (Å²) in [6, 6.07) is 8.64. The van der Waals surface area contributed by atoms with Gasteiger partial charge in [-0.15, -0.1) is 0 Å². The predicted octanol–water partition coefficient (Wildman–Crippen LogP) is 2.49. The highest BCUT2D eigenvalue weighted by molar-refractivity contribution is 5.79. The first-order chi connectivity index (χ1) is 14.7. The Labute approximate surface area is 186 Å². The van der Waals surface area contributed by atoms with Gasteiger partial charge in [-0.1, -0.05) is 24.3 Å². The van der Waals surface area contributed by atoms with Crippen LogP contribution in [0.25, 0.3) is 0 Å². The third kappa shape index (κ3) is 10.5. The summed E-state index contributed by atoms with van der Waals surface area (Å²) in [6.07, 6.45) is 0.682. The lowest BCUT2D eigenvalue weighted by Gasteiger charge is -2.31.